The maximum atomic E-state index is 12.8. The summed E-state index contributed by atoms with van der Waals surface area (Å²) in [6.45, 7) is 4.48. The smallest absolute Gasteiger partial charge is 0.416 e. The zero-order chi connectivity index (χ0) is 26.7. The van der Waals surface area contributed by atoms with E-state index in [9.17, 15) is 13.2 Å². The zero-order valence-corrected chi connectivity index (χ0v) is 21.4. The summed E-state index contributed by atoms with van der Waals surface area (Å²) in [5.74, 6) is 1.46. The van der Waals surface area contributed by atoms with Crippen molar-refractivity contribution < 1.29 is 27.5 Å². The Morgan fingerprint density at radius 2 is 1.78 bits per heavy atom. The van der Waals surface area contributed by atoms with Crippen LogP contribution in [-0.2, 0) is 12.8 Å². The summed E-state index contributed by atoms with van der Waals surface area (Å²) in [6, 6.07) is 12.5. The van der Waals surface area contributed by atoms with Crippen molar-refractivity contribution in [2.24, 2.45) is 0 Å². The Morgan fingerprint density at radius 1 is 1.05 bits per heavy atom. The highest BCUT2D eigenvalue weighted by molar-refractivity contribution is 5.67. The molecule has 0 radical (unpaired) electrons. The fraction of sp³-hybridized carbons (Fsp3) is 0.414. The third-order valence-electron chi connectivity index (χ3n) is 6.17. The highest BCUT2D eigenvalue weighted by Gasteiger charge is 2.30. The van der Waals surface area contributed by atoms with Gasteiger partial charge in [-0.05, 0) is 67.3 Å². The van der Waals surface area contributed by atoms with Crippen LogP contribution in [0.5, 0.6) is 5.75 Å². The number of alkyl halides is 3. The van der Waals surface area contributed by atoms with E-state index in [0.29, 0.717) is 29.3 Å². The number of hydroxylamine groups is 1. The van der Waals surface area contributed by atoms with E-state index >= 15 is 0 Å². The van der Waals surface area contributed by atoms with Crippen LogP contribution in [0.4, 0.5) is 13.2 Å². The maximum absolute atomic E-state index is 12.8. The highest BCUT2D eigenvalue weighted by Crippen LogP contribution is 2.31. The molecule has 0 atom stereocenters. The number of halogens is 3. The van der Waals surface area contributed by atoms with Crippen LogP contribution in [0, 0.1) is 6.92 Å². The fourth-order valence-corrected chi connectivity index (χ4v) is 4.05. The second-order valence-corrected chi connectivity index (χ2v) is 9.02. The van der Waals surface area contributed by atoms with E-state index in [4.69, 9.17) is 14.4 Å². The number of hydrogen-bond donors (Lipinski definition) is 2. The van der Waals surface area contributed by atoms with Gasteiger partial charge >= 0.3 is 6.18 Å². The Bertz CT molecular complexity index is 1140. The van der Waals surface area contributed by atoms with Crippen LogP contribution in [0.3, 0.4) is 0 Å². The number of rotatable bonds is 14. The SMILES string of the molecule is CCCCCCCC/C(=C/CNO)c1cccc(OCc2nc(-c3ccc(C(F)(F)F)cc3)oc2C)c1. The van der Waals surface area contributed by atoms with Gasteiger partial charge in [-0.15, -0.1) is 0 Å². The molecule has 3 aromatic rings. The molecule has 0 unspecified atom stereocenters. The molecular weight excluding hydrogens is 481 g/mol. The molecule has 0 bridgehead atoms. The second kappa shape index (κ2) is 14.0. The largest absolute Gasteiger partial charge is 0.487 e. The van der Waals surface area contributed by atoms with Gasteiger partial charge in [-0.2, -0.15) is 13.2 Å². The highest BCUT2D eigenvalue weighted by atomic mass is 19.4. The molecular formula is C29H35F3N2O3. The Hall–Kier alpha value is -3.10. The Balaban J connectivity index is 1.64. The lowest BCUT2D eigenvalue weighted by atomic mass is 9.98. The molecule has 2 aromatic carbocycles. The van der Waals surface area contributed by atoms with Gasteiger partial charge in [0.2, 0.25) is 5.89 Å². The van der Waals surface area contributed by atoms with Gasteiger partial charge in [0.25, 0.3) is 0 Å². The van der Waals surface area contributed by atoms with E-state index in [1.807, 2.05) is 30.3 Å². The maximum Gasteiger partial charge on any atom is 0.416 e. The molecule has 0 saturated carbocycles. The molecule has 3 rings (SSSR count). The molecule has 0 aliphatic carbocycles. The van der Waals surface area contributed by atoms with E-state index in [1.165, 1.54) is 44.2 Å². The molecule has 2 N–H and O–H groups in total. The van der Waals surface area contributed by atoms with Crippen LogP contribution >= 0.6 is 0 Å². The van der Waals surface area contributed by atoms with Crippen molar-refractivity contribution in [3.8, 4) is 17.2 Å². The molecule has 0 amide bonds. The van der Waals surface area contributed by atoms with Crippen molar-refractivity contribution >= 4 is 5.57 Å². The monoisotopic (exact) mass is 516 g/mol. The van der Waals surface area contributed by atoms with Crippen LogP contribution in [0.15, 0.2) is 59.0 Å². The molecule has 0 aliphatic rings. The van der Waals surface area contributed by atoms with Gasteiger partial charge in [0, 0.05) is 12.1 Å². The Labute approximate surface area is 216 Å². The van der Waals surface area contributed by atoms with Crippen LogP contribution in [0.1, 0.15) is 74.5 Å². The number of allylic oxidation sites excluding steroid dienone is 1. The average molecular weight is 517 g/mol. The average Bonchev–Trinajstić information content (AvgIpc) is 3.26. The van der Waals surface area contributed by atoms with Crippen molar-refractivity contribution in [2.75, 3.05) is 6.54 Å². The molecule has 5 nitrogen and oxygen atoms in total. The molecule has 0 fully saturated rings. The summed E-state index contributed by atoms with van der Waals surface area (Å²) < 4.78 is 50.2. The van der Waals surface area contributed by atoms with E-state index in [0.717, 1.165) is 36.1 Å². The van der Waals surface area contributed by atoms with E-state index in [1.54, 1.807) is 6.92 Å². The minimum atomic E-state index is -4.39. The third-order valence-corrected chi connectivity index (χ3v) is 6.17. The van der Waals surface area contributed by atoms with Gasteiger partial charge in [0.1, 0.15) is 23.8 Å². The summed E-state index contributed by atoms with van der Waals surface area (Å²) in [6.07, 6.45) is 5.75. The standard InChI is InChI=1S/C29H35F3N2O3/c1-3-4-5-6-7-8-10-22(17-18-33-35)24-11-9-12-26(19-24)36-20-27-21(2)37-28(34-27)23-13-15-25(16-14-23)29(30,31)32/h9,11-17,19,33,35H,3-8,10,18,20H2,1-2H3/b22-17-. The molecule has 200 valence electrons. The lowest BCUT2D eigenvalue weighted by Gasteiger charge is -2.11. The minimum Gasteiger partial charge on any atom is -0.487 e. The number of oxazole rings is 1. The van der Waals surface area contributed by atoms with Crippen LogP contribution in [-0.4, -0.2) is 16.7 Å². The zero-order valence-electron chi connectivity index (χ0n) is 21.4. The third kappa shape index (κ3) is 8.76. The van der Waals surface area contributed by atoms with Gasteiger partial charge in [-0.25, -0.2) is 10.5 Å². The predicted octanol–water partition coefficient (Wildman–Crippen LogP) is 8.36. The van der Waals surface area contributed by atoms with E-state index in [-0.39, 0.29) is 12.5 Å². The number of hydrogen-bond acceptors (Lipinski definition) is 5. The molecule has 8 heteroatoms. The number of aromatic nitrogens is 1. The topological polar surface area (TPSA) is 67.5 Å². The van der Waals surface area contributed by atoms with E-state index in [2.05, 4.69) is 17.4 Å². The van der Waals surface area contributed by atoms with Gasteiger partial charge < -0.3 is 14.4 Å². The predicted molar refractivity (Wildman–Crippen MR) is 138 cm³/mol. The number of ether oxygens (including phenoxy) is 1. The summed E-state index contributed by atoms with van der Waals surface area (Å²) in [5, 5.41) is 9.07. The van der Waals surface area contributed by atoms with Gasteiger partial charge in [0.05, 0.1) is 5.56 Å². The normalized spacial score (nSPS) is 12.2. The first-order valence-corrected chi connectivity index (χ1v) is 12.7. The Morgan fingerprint density at radius 3 is 2.49 bits per heavy atom. The minimum absolute atomic E-state index is 0.161. The van der Waals surface area contributed by atoms with Crippen molar-refractivity contribution in [1.82, 2.24) is 10.5 Å². The van der Waals surface area contributed by atoms with Crippen LogP contribution < -0.4 is 10.2 Å². The summed E-state index contributed by atoms with van der Waals surface area (Å²) in [5.41, 5.74) is 4.69. The lowest BCUT2D eigenvalue weighted by Crippen LogP contribution is -2.06. The van der Waals surface area contributed by atoms with Gasteiger partial charge in [0.15, 0.2) is 0 Å². The molecule has 1 aromatic heterocycles. The van der Waals surface area contributed by atoms with Crippen molar-refractivity contribution in [3.05, 3.63) is 77.2 Å². The number of benzene rings is 2. The number of aryl methyl sites for hydroxylation is 1. The molecule has 0 saturated heterocycles. The Kier molecular flexibility index (Phi) is 10.8. The quantitative estimate of drug-likeness (QED) is 0.166. The van der Waals surface area contributed by atoms with E-state index < -0.39 is 11.7 Å². The van der Waals surface area contributed by atoms with Crippen LogP contribution in [0.2, 0.25) is 0 Å². The first-order chi connectivity index (χ1) is 17.8. The summed E-state index contributed by atoms with van der Waals surface area (Å²) in [4.78, 5) is 4.44. The van der Waals surface area contributed by atoms with Gasteiger partial charge in [-0.1, -0.05) is 57.2 Å². The molecule has 1 heterocycles. The van der Waals surface area contributed by atoms with Gasteiger partial charge in [-0.3, -0.25) is 0 Å². The lowest BCUT2D eigenvalue weighted by molar-refractivity contribution is -0.137. The van der Waals surface area contributed by atoms with Crippen molar-refractivity contribution in [1.29, 1.82) is 0 Å². The molecule has 37 heavy (non-hydrogen) atoms. The fourth-order valence-electron chi connectivity index (χ4n) is 4.05. The first kappa shape index (κ1) is 28.5. The molecule has 0 spiro atoms. The number of nitrogens with zero attached hydrogens (tertiary/aromatic N) is 1. The van der Waals surface area contributed by atoms with Crippen molar-refractivity contribution in [2.45, 2.75) is 71.6 Å². The number of nitrogens with one attached hydrogen (secondary N) is 1. The summed E-state index contributed by atoms with van der Waals surface area (Å²) in [7, 11) is 0. The first-order valence-electron chi connectivity index (χ1n) is 12.7. The van der Waals surface area contributed by atoms with Crippen LogP contribution in [0.25, 0.3) is 17.0 Å². The number of unbranched alkanes of at least 4 members (excludes halogenated alkanes) is 5. The second-order valence-electron chi connectivity index (χ2n) is 9.02. The van der Waals surface area contributed by atoms with Crippen molar-refractivity contribution in [3.63, 3.8) is 0 Å². The molecule has 0 aliphatic heterocycles. The summed E-state index contributed by atoms with van der Waals surface area (Å²) >= 11 is 0.